The molecule has 1 unspecified atom stereocenters. The van der Waals surface area contributed by atoms with Crippen LogP contribution in [0.4, 0.5) is 5.69 Å². The van der Waals surface area contributed by atoms with E-state index < -0.39 is 6.04 Å². The average Bonchev–Trinajstić information content (AvgIpc) is 3.12. The third-order valence-corrected chi connectivity index (χ3v) is 6.78. The molecule has 0 saturated carbocycles. The molecule has 164 valence electrons. The van der Waals surface area contributed by atoms with Gasteiger partial charge in [0.2, 0.25) is 5.91 Å². The number of nitrogens with zero attached hydrogens (tertiary/aromatic N) is 2. The zero-order valence-corrected chi connectivity index (χ0v) is 19.5. The van der Waals surface area contributed by atoms with Gasteiger partial charge in [-0.3, -0.25) is 14.2 Å². The van der Waals surface area contributed by atoms with Crippen molar-refractivity contribution in [2.75, 3.05) is 12.4 Å². The van der Waals surface area contributed by atoms with Gasteiger partial charge in [0.25, 0.3) is 5.56 Å². The lowest BCUT2D eigenvalue weighted by Gasteiger charge is -2.16. The SMILES string of the molecule is COc1ccccc1NC(=O)C(C)n1cnc2sc(C)c(-c3ccc(C)c(C)c3)c2c1=O. The van der Waals surface area contributed by atoms with Crippen molar-refractivity contribution in [3.05, 3.63) is 75.1 Å². The van der Waals surface area contributed by atoms with Crippen LogP contribution in [0.2, 0.25) is 0 Å². The van der Waals surface area contributed by atoms with Crippen LogP contribution in [-0.2, 0) is 4.79 Å². The molecule has 4 rings (SSSR count). The van der Waals surface area contributed by atoms with E-state index in [0.717, 1.165) is 21.6 Å². The minimum Gasteiger partial charge on any atom is -0.495 e. The first kappa shape index (κ1) is 21.8. The number of para-hydroxylation sites is 2. The van der Waals surface area contributed by atoms with E-state index in [1.165, 1.54) is 27.8 Å². The molecule has 7 heteroatoms. The number of aromatic nitrogens is 2. The van der Waals surface area contributed by atoms with E-state index >= 15 is 0 Å². The van der Waals surface area contributed by atoms with Crippen molar-refractivity contribution >= 4 is 33.1 Å². The van der Waals surface area contributed by atoms with Crippen LogP contribution >= 0.6 is 11.3 Å². The van der Waals surface area contributed by atoms with E-state index in [9.17, 15) is 9.59 Å². The second kappa shape index (κ2) is 8.59. The smallest absolute Gasteiger partial charge is 0.263 e. The van der Waals surface area contributed by atoms with E-state index in [1.54, 1.807) is 26.2 Å². The highest BCUT2D eigenvalue weighted by atomic mass is 32.1. The summed E-state index contributed by atoms with van der Waals surface area (Å²) < 4.78 is 6.70. The molecule has 0 aliphatic rings. The zero-order chi connectivity index (χ0) is 23.0. The van der Waals surface area contributed by atoms with Crippen LogP contribution in [0.25, 0.3) is 21.3 Å². The summed E-state index contributed by atoms with van der Waals surface area (Å²) in [5.41, 5.74) is 4.56. The molecule has 1 N–H and O–H groups in total. The highest BCUT2D eigenvalue weighted by molar-refractivity contribution is 7.19. The lowest BCUT2D eigenvalue weighted by Crippen LogP contribution is -2.31. The number of nitrogens with one attached hydrogen (secondary N) is 1. The van der Waals surface area contributed by atoms with E-state index in [4.69, 9.17) is 4.74 Å². The first-order valence-corrected chi connectivity index (χ1v) is 11.1. The van der Waals surface area contributed by atoms with Crippen molar-refractivity contribution in [1.29, 1.82) is 0 Å². The van der Waals surface area contributed by atoms with Crippen LogP contribution < -0.4 is 15.6 Å². The molecule has 2 aromatic carbocycles. The lowest BCUT2D eigenvalue weighted by molar-refractivity contribution is -0.118. The van der Waals surface area contributed by atoms with Gasteiger partial charge in [0.05, 0.1) is 24.5 Å². The summed E-state index contributed by atoms with van der Waals surface area (Å²) in [7, 11) is 1.55. The monoisotopic (exact) mass is 447 g/mol. The normalized spacial score (nSPS) is 12.0. The predicted molar refractivity (Wildman–Crippen MR) is 130 cm³/mol. The Balaban J connectivity index is 1.77. The number of ether oxygens (including phenoxy) is 1. The van der Waals surface area contributed by atoms with Crippen LogP contribution in [-0.4, -0.2) is 22.6 Å². The summed E-state index contributed by atoms with van der Waals surface area (Å²) in [5, 5.41) is 3.40. The fourth-order valence-corrected chi connectivity index (χ4v) is 4.75. The molecule has 0 aliphatic carbocycles. The quantitative estimate of drug-likeness (QED) is 0.453. The number of aryl methyl sites for hydroxylation is 3. The van der Waals surface area contributed by atoms with Gasteiger partial charge >= 0.3 is 0 Å². The van der Waals surface area contributed by atoms with E-state index in [-0.39, 0.29) is 11.5 Å². The lowest BCUT2D eigenvalue weighted by atomic mass is 9.99. The fraction of sp³-hybridized carbons (Fsp3) is 0.240. The number of amides is 1. The number of anilines is 1. The Morgan fingerprint density at radius 1 is 1.12 bits per heavy atom. The molecule has 0 radical (unpaired) electrons. The van der Waals surface area contributed by atoms with Gasteiger partial charge in [0.1, 0.15) is 16.6 Å². The number of rotatable bonds is 5. The summed E-state index contributed by atoms with van der Waals surface area (Å²) in [5.74, 6) is 0.233. The number of methoxy groups -OCH3 is 1. The van der Waals surface area contributed by atoms with Crippen LogP contribution in [0, 0.1) is 20.8 Å². The fourth-order valence-electron chi connectivity index (χ4n) is 3.75. The zero-order valence-electron chi connectivity index (χ0n) is 18.7. The Hall–Kier alpha value is -3.45. The Labute approximate surface area is 190 Å². The Kier molecular flexibility index (Phi) is 5.84. The highest BCUT2D eigenvalue weighted by Gasteiger charge is 2.22. The number of carbonyl (C=O) groups excluding carboxylic acids is 1. The third-order valence-electron chi connectivity index (χ3n) is 5.77. The van der Waals surface area contributed by atoms with Gasteiger partial charge < -0.3 is 10.1 Å². The Morgan fingerprint density at radius 2 is 1.88 bits per heavy atom. The number of fused-ring (bicyclic) bond motifs is 1. The topological polar surface area (TPSA) is 73.2 Å². The van der Waals surface area contributed by atoms with Crippen LogP contribution in [0.15, 0.2) is 53.6 Å². The van der Waals surface area contributed by atoms with E-state index in [2.05, 4.69) is 36.3 Å². The second-order valence-electron chi connectivity index (χ2n) is 7.83. The van der Waals surface area contributed by atoms with Gasteiger partial charge in [0, 0.05) is 10.4 Å². The summed E-state index contributed by atoms with van der Waals surface area (Å²) in [6, 6.07) is 12.6. The number of hydrogen-bond donors (Lipinski definition) is 1. The molecule has 4 aromatic rings. The summed E-state index contributed by atoms with van der Waals surface area (Å²) in [4.78, 5) is 32.7. The summed E-state index contributed by atoms with van der Waals surface area (Å²) in [6.45, 7) is 7.81. The van der Waals surface area contributed by atoms with Crippen molar-refractivity contribution in [2.24, 2.45) is 0 Å². The number of hydrogen-bond acceptors (Lipinski definition) is 5. The maximum absolute atomic E-state index is 13.5. The van der Waals surface area contributed by atoms with Gasteiger partial charge in [-0.25, -0.2) is 4.98 Å². The maximum Gasteiger partial charge on any atom is 0.263 e. The van der Waals surface area contributed by atoms with Crippen molar-refractivity contribution < 1.29 is 9.53 Å². The van der Waals surface area contributed by atoms with Gasteiger partial charge in [-0.2, -0.15) is 0 Å². The number of carbonyl (C=O) groups is 1. The van der Waals surface area contributed by atoms with Gasteiger partial charge in [-0.05, 0) is 56.5 Å². The molecule has 1 atom stereocenters. The first-order chi connectivity index (χ1) is 15.3. The molecule has 2 heterocycles. The van der Waals surface area contributed by atoms with E-state index in [1.807, 2.05) is 25.1 Å². The minimum absolute atomic E-state index is 0.227. The van der Waals surface area contributed by atoms with Crippen LogP contribution in [0.5, 0.6) is 5.75 Å². The molecular weight excluding hydrogens is 422 g/mol. The molecule has 32 heavy (non-hydrogen) atoms. The summed E-state index contributed by atoms with van der Waals surface area (Å²) >= 11 is 1.49. The standard InChI is InChI=1S/C25H25N3O3S/c1-14-10-11-18(12-15(14)2)21-17(4)32-24-22(21)25(30)28(13-26-24)16(3)23(29)27-19-8-6-7-9-20(19)31-5/h6-13,16H,1-5H3,(H,27,29). The Bertz CT molecular complexity index is 1390. The van der Waals surface area contributed by atoms with Crippen molar-refractivity contribution in [3.8, 4) is 16.9 Å². The van der Waals surface area contributed by atoms with Crippen LogP contribution in [0.1, 0.15) is 29.0 Å². The molecule has 0 fully saturated rings. The number of benzene rings is 2. The highest BCUT2D eigenvalue weighted by Crippen LogP contribution is 2.36. The van der Waals surface area contributed by atoms with Gasteiger partial charge in [0.15, 0.2) is 0 Å². The van der Waals surface area contributed by atoms with E-state index in [0.29, 0.717) is 21.7 Å². The van der Waals surface area contributed by atoms with Crippen molar-refractivity contribution in [2.45, 2.75) is 33.7 Å². The molecule has 1 amide bonds. The molecule has 0 saturated heterocycles. The molecule has 0 aliphatic heterocycles. The molecule has 0 spiro atoms. The largest absolute Gasteiger partial charge is 0.495 e. The minimum atomic E-state index is -0.753. The molecule has 0 bridgehead atoms. The van der Waals surface area contributed by atoms with Crippen molar-refractivity contribution in [1.82, 2.24) is 9.55 Å². The average molecular weight is 448 g/mol. The first-order valence-electron chi connectivity index (χ1n) is 10.3. The molecule has 6 nitrogen and oxygen atoms in total. The predicted octanol–water partition coefficient (Wildman–Crippen LogP) is 5.26. The second-order valence-corrected chi connectivity index (χ2v) is 9.04. The Morgan fingerprint density at radius 3 is 2.59 bits per heavy atom. The van der Waals surface area contributed by atoms with Crippen molar-refractivity contribution in [3.63, 3.8) is 0 Å². The molecule has 2 aromatic heterocycles. The molecular formula is C25H25N3O3S. The van der Waals surface area contributed by atoms with Gasteiger partial charge in [-0.15, -0.1) is 11.3 Å². The summed E-state index contributed by atoms with van der Waals surface area (Å²) in [6.07, 6.45) is 1.46. The number of thiophene rings is 1. The van der Waals surface area contributed by atoms with Crippen LogP contribution in [0.3, 0.4) is 0 Å². The van der Waals surface area contributed by atoms with Gasteiger partial charge in [-0.1, -0.05) is 30.3 Å². The third kappa shape index (κ3) is 3.80. The maximum atomic E-state index is 13.5.